The summed E-state index contributed by atoms with van der Waals surface area (Å²) in [6.45, 7) is 0.922. The normalized spacial score (nSPS) is 17.5. The van der Waals surface area contributed by atoms with Gasteiger partial charge in [-0.1, -0.05) is 12.1 Å². The van der Waals surface area contributed by atoms with E-state index in [1.165, 1.54) is 0 Å². The van der Waals surface area contributed by atoms with Crippen molar-refractivity contribution in [1.82, 2.24) is 0 Å². The average molecular weight is 498 g/mol. The van der Waals surface area contributed by atoms with Gasteiger partial charge in [0, 0.05) is 0 Å². The van der Waals surface area contributed by atoms with E-state index < -0.39 is 66.8 Å². The molecule has 0 amide bonds. The van der Waals surface area contributed by atoms with E-state index in [0.717, 1.165) is 43.3 Å². The molecule has 1 aliphatic rings. The molecule has 0 saturated carbocycles. The lowest BCUT2D eigenvalue weighted by Gasteiger charge is -2.35. The van der Waals surface area contributed by atoms with E-state index in [1.54, 1.807) is 0 Å². The van der Waals surface area contributed by atoms with Crippen LogP contribution < -0.4 is 0 Å². The largest absolute Gasteiger partial charge is 0.534 e. The molecule has 0 unspecified atom stereocenters. The van der Waals surface area contributed by atoms with Gasteiger partial charge in [0.2, 0.25) is 0 Å². The Balaban J connectivity index is 2.55. The Labute approximate surface area is 172 Å². The Morgan fingerprint density at radius 1 is 0.839 bits per heavy atom. The average Bonchev–Trinajstić information content (AvgIpc) is 2.58. The van der Waals surface area contributed by atoms with Gasteiger partial charge in [-0.2, -0.15) is 43.2 Å². The molecule has 31 heavy (non-hydrogen) atoms. The molecular formula is C16H13F7O6S2. The van der Waals surface area contributed by atoms with Crippen molar-refractivity contribution in [1.29, 1.82) is 0 Å². The third-order valence-electron chi connectivity index (χ3n) is 4.13. The molecule has 0 spiro atoms. The number of hydrogen-bond donors (Lipinski definition) is 0. The van der Waals surface area contributed by atoms with Crippen molar-refractivity contribution in [2.45, 2.75) is 30.8 Å². The summed E-state index contributed by atoms with van der Waals surface area (Å²) >= 11 is 0. The van der Waals surface area contributed by atoms with E-state index >= 15 is 0 Å². The molecule has 2 rings (SSSR count). The van der Waals surface area contributed by atoms with Crippen LogP contribution in [0.4, 0.5) is 30.7 Å². The molecule has 0 aliphatic heterocycles. The zero-order valence-electron chi connectivity index (χ0n) is 15.3. The van der Waals surface area contributed by atoms with Crippen LogP contribution in [0.1, 0.15) is 18.9 Å². The Morgan fingerprint density at radius 2 is 1.23 bits per heavy atom. The molecule has 6 nitrogen and oxygen atoms in total. The molecule has 1 aromatic carbocycles. The van der Waals surface area contributed by atoms with Crippen molar-refractivity contribution in [2.75, 3.05) is 0 Å². The van der Waals surface area contributed by atoms with Gasteiger partial charge in [-0.15, -0.1) is 0 Å². The van der Waals surface area contributed by atoms with Crippen molar-refractivity contribution in [3.63, 3.8) is 0 Å². The minimum atomic E-state index is -6.25. The van der Waals surface area contributed by atoms with Crippen LogP contribution in [0, 0.1) is 11.2 Å². The van der Waals surface area contributed by atoms with Crippen LogP contribution in [0.15, 0.2) is 47.9 Å². The molecule has 0 bridgehead atoms. The van der Waals surface area contributed by atoms with Crippen LogP contribution in [0.2, 0.25) is 0 Å². The van der Waals surface area contributed by atoms with Crippen molar-refractivity contribution in [3.05, 3.63) is 59.3 Å². The zero-order valence-corrected chi connectivity index (χ0v) is 16.9. The summed E-state index contributed by atoms with van der Waals surface area (Å²) in [5, 5.41) is 0. The van der Waals surface area contributed by atoms with Gasteiger partial charge in [-0.25, -0.2) is 4.39 Å². The van der Waals surface area contributed by atoms with Gasteiger partial charge in [0.05, 0.1) is 5.41 Å². The fraction of sp³-hybridized carbons (Fsp3) is 0.375. The van der Waals surface area contributed by atoms with E-state index in [2.05, 4.69) is 8.37 Å². The van der Waals surface area contributed by atoms with Crippen LogP contribution in [-0.4, -0.2) is 27.9 Å². The minimum absolute atomic E-state index is 0.101. The molecule has 0 heterocycles. The maximum absolute atomic E-state index is 13.1. The van der Waals surface area contributed by atoms with Crippen molar-refractivity contribution >= 4 is 20.2 Å². The van der Waals surface area contributed by atoms with Crippen LogP contribution >= 0.6 is 0 Å². The Kier molecular flexibility index (Phi) is 6.45. The third kappa shape index (κ3) is 5.31. The highest BCUT2D eigenvalue weighted by molar-refractivity contribution is 7.88. The lowest BCUT2D eigenvalue weighted by Crippen LogP contribution is -2.36. The molecule has 1 aromatic rings. The second kappa shape index (κ2) is 8.00. The van der Waals surface area contributed by atoms with Gasteiger partial charge in [0.15, 0.2) is 0 Å². The van der Waals surface area contributed by atoms with Crippen molar-refractivity contribution in [2.24, 2.45) is 5.41 Å². The number of benzene rings is 1. The van der Waals surface area contributed by atoms with Gasteiger partial charge in [-0.3, -0.25) is 0 Å². The smallest absolute Gasteiger partial charge is 0.380 e. The number of halogens is 7. The van der Waals surface area contributed by atoms with E-state index in [-0.39, 0.29) is 5.56 Å². The Hall–Kier alpha value is -2.29. The Morgan fingerprint density at radius 3 is 1.58 bits per heavy atom. The summed E-state index contributed by atoms with van der Waals surface area (Å²) in [7, 11) is -12.5. The molecule has 0 aromatic heterocycles. The van der Waals surface area contributed by atoms with E-state index in [9.17, 15) is 47.6 Å². The molecule has 0 radical (unpaired) electrons. The Bertz CT molecular complexity index is 1040. The summed E-state index contributed by atoms with van der Waals surface area (Å²) in [6.07, 6.45) is 0.551. The molecule has 0 N–H and O–H groups in total. The molecule has 174 valence electrons. The highest BCUT2D eigenvalue weighted by Gasteiger charge is 2.54. The summed E-state index contributed by atoms with van der Waals surface area (Å²) in [6, 6.07) is 4.08. The lowest BCUT2D eigenvalue weighted by atomic mass is 9.77. The predicted octanol–water partition coefficient (Wildman–Crippen LogP) is 4.28. The summed E-state index contributed by atoms with van der Waals surface area (Å²) < 4.78 is 144. The zero-order chi connectivity index (χ0) is 23.9. The fourth-order valence-electron chi connectivity index (χ4n) is 2.61. The molecule has 0 fully saturated rings. The van der Waals surface area contributed by atoms with Gasteiger partial charge < -0.3 is 8.37 Å². The molecular weight excluding hydrogens is 485 g/mol. The quantitative estimate of drug-likeness (QED) is 0.331. The maximum atomic E-state index is 13.1. The second-order valence-electron chi connectivity index (χ2n) is 6.47. The monoisotopic (exact) mass is 498 g/mol. The predicted molar refractivity (Wildman–Crippen MR) is 91.1 cm³/mol. The lowest BCUT2D eigenvalue weighted by molar-refractivity contribution is -0.0546. The van der Waals surface area contributed by atoms with Crippen LogP contribution in [0.25, 0.3) is 0 Å². The summed E-state index contributed by atoms with van der Waals surface area (Å²) in [4.78, 5) is 0. The molecule has 15 heteroatoms. The molecule has 0 atom stereocenters. The van der Waals surface area contributed by atoms with Crippen molar-refractivity contribution < 1.29 is 55.9 Å². The van der Waals surface area contributed by atoms with Gasteiger partial charge in [0.1, 0.15) is 17.3 Å². The minimum Gasteiger partial charge on any atom is -0.380 e. The van der Waals surface area contributed by atoms with Gasteiger partial charge in [0.25, 0.3) is 0 Å². The van der Waals surface area contributed by atoms with Crippen LogP contribution in [-0.2, 0) is 35.0 Å². The van der Waals surface area contributed by atoms with Crippen molar-refractivity contribution in [3.8, 4) is 0 Å². The van der Waals surface area contributed by atoms with E-state index in [0.29, 0.717) is 0 Å². The molecule has 1 aliphatic carbocycles. The first-order valence-electron chi connectivity index (χ1n) is 8.06. The first kappa shape index (κ1) is 25.0. The van der Waals surface area contributed by atoms with E-state index in [1.807, 2.05) is 0 Å². The van der Waals surface area contributed by atoms with Gasteiger partial charge in [-0.05, 0) is 49.6 Å². The highest BCUT2D eigenvalue weighted by Crippen LogP contribution is 2.46. The summed E-state index contributed by atoms with van der Waals surface area (Å²) in [5.74, 6) is -2.73. The second-order valence-corrected chi connectivity index (χ2v) is 9.55. The standard InChI is InChI=1S/C16H13F7O6S2/c1-14(9-10-5-7-11(17)8-6-10)12(28-30(24,25)15(18,19)20)3-2-4-13(14)29-31(26,27)16(21,22)23/h3-8H,2,9H2,1H3. The fourth-order valence-corrected chi connectivity index (χ4v) is 3.78. The van der Waals surface area contributed by atoms with E-state index in [4.69, 9.17) is 0 Å². The number of alkyl halides is 6. The van der Waals surface area contributed by atoms with Gasteiger partial charge >= 0.3 is 31.3 Å². The maximum Gasteiger partial charge on any atom is 0.534 e. The molecule has 0 saturated heterocycles. The topological polar surface area (TPSA) is 86.7 Å². The highest BCUT2D eigenvalue weighted by atomic mass is 32.2. The third-order valence-corrected chi connectivity index (χ3v) is 6.06. The number of allylic oxidation sites excluding steroid dienone is 2. The van der Waals surface area contributed by atoms with Crippen LogP contribution in [0.3, 0.4) is 0 Å². The first-order chi connectivity index (χ1) is 13.9. The summed E-state index contributed by atoms with van der Waals surface area (Å²) in [5.41, 5.74) is -13.9. The number of rotatable bonds is 6. The SMILES string of the molecule is CC1(Cc2ccc(F)cc2)C(OS(=O)(=O)C(F)(F)F)=CCC=C1OS(=O)(=O)C(F)(F)F. The van der Waals surface area contributed by atoms with Crippen LogP contribution in [0.5, 0.6) is 0 Å². The number of hydrogen-bond acceptors (Lipinski definition) is 6. The first-order valence-corrected chi connectivity index (χ1v) is 10.9.